The Balaban J connectivity index is 3.07. The molecule has 0 aliphatic rings. The lowest BCUT2D eigenvalue weighted by atomic mass is 10.0. The van der Waals surface area contributed by atoms with Gasteiger partial charge in [0.25, 0.3) is 0 Å². The molecule has 0 aromatic heterocycles. The Labute approximate surface area is 106 Å². The van der Waals surface area contributed by atoms with Crippen LogP contribution in [0, 0.1) is 0 Å². The zero-order valence-corrected chi connectivity index (χ0v) is 10.4. The first-order valence-electron chi connectivity index (χ1n) is 5.46. The third-order valence-corrected chi connectivity index (χ3v) is 2.45. The Morgan fingerprint density at radius 2 is 2.17 bits per heavy atom. The van der Waals surface area contributed by atoms with E-state index in [1.54, 1.807) is 36.3 Å². The Kier molecular flexibility index (Phi) is 4.90. The minimum absolute atomic E-state index is 0.259. The number of carbonyl (C=O) groups excluding carboxylic acids is 1. The molecule has 1 aromatic carbocycles. The third kappa shape index (κ3) is 3.61. The summed E-state index contributed by atoms with van der Waals surface area (Å²) in [5, 5.41) is 8.96. The van der Waals surface area contributed by atoms with Gasteiger partial charge in [0, 0.05) is 25.9 Å². The third-order valence-electron chi connectivity index (χ3n) is 2.45. The lowest BCUT2D eigenvalue weighted by molar-refractivity contribution is 0.0697. The zero-order chi connectivity index (χ0) is 13.5. The van der Waals surface area contributed by atoms with E-state index in [4.69, 9.17) is 5.11 Å². The van der Waals surface area contributed by atoms with Crippen molar-refractivity contribution in [3.05, 3.63) is 47.6 Å². The molecule has 0 atom stereocenters. The maximum absolute atomic E-state index is 10.9. The van der Waals surface area contributed by atoms with E-state index in [0.29, 0.717) is 6.42 Å². The second-order valence-electron chi connectivity index (χ2n) is 3.96. The van der Waals surface area contributed by atoms with Gasteiger partial charge in [-0.2, -0.15) is 0 Å². The van der Waals surface area contributed by atoms with Crippen LogP contribution in [-0.4, -0.2) is 31.1 Å². The summed E-state index contributed by atoms with van der Waals surface area (Å²) in [5.74, 6) is 0.709. The van der Waals surface area contributed by atoms with Crippen molar-refractivity contribution < 1.29 is 14.7 Å². The van der Waals surface area contributed by atoms with Gasteiger partial charge in [0.05, 0.1) is 5.56 Å². The molecule has 94 valence electrons. The van der Waals surface area contributed by atoms with Crippen LogP contribution in [0.5, 0.6) is 0 Å². The second kappa shape index (κ2) is 6.42. The minimum Gasteiger partial charge on any atom is -0.478 e. The van der Waals surface area contributed by atoms with Gasteiger partial charge in [-0.25, -0.2) is 9.59 Å². The van der Waals surface area contributed by atoms with E-state index >= 15 is 0 Å². The SMILES string of the molecule is CN(C)c1ccc(C(=O)O)cc1CC=CC=C=O. The second-order valence-corrected chi connectivity index (χ2v) is 3.96. The quantitative estimate of drug-likeness (QED) is 0.636. The molecule has 0 saturated carbocycles. The standard InChI is InChI=1S/C14H15NO3/c1-15(2)13-8-7-12(14(17)18)10-11(13)6-4-3-5-9-16/h3-5,7-8,10H,6H2,1-2H3,(H,17,18). The van der Waals surface area contributed by atoms with E-state index in [-0.39, 0.29) is 5.56 Å². The fourth-order valence-electron chi connectivity index (χ4n) is 1.62. The Morgan fingerprint density at radius 3 is 2.72 bits per heavy atom. The number of benzene rings is 1. The van der Waals surface area contributed by atoms with Crippen LogP contribution in [-0.2, 0) is 11.2 Å². The fraction of sp³-hybridized carbons (Fsp3) is 0.214. The summed E-state index contributed by atoms with van der Waals surface area (Å²) in [7, 11) is 3.79. The molecule has 1 N–H and O–H groups in total. The first-order chi connectivity index (χ1) is 8.56. The van der Waals surface area contributed by atoms with Crippen LogP contribution in [0.25, 0.3) is 0 Å². The number of carboxylic acids is 1. The molecule has 0 fully saturated rings. The van der Waals surface area contributed by atoms with Crippen molar-refractivity contribution >= 4 is 17.6 Å². The first-order valence-corrected chi connectivity index (χ1v) is 5.46. The van der Waals surface area contributed by atoms with Gasteiger partial charge in [0.1, 0.15) is 5.94 Å². The predicted octanol–water partition coefficient (Wildman–Crippen LogP) is 1.94. The molecular weight excluding hydrogens is 230 g/mol. The maximum Gasteiger partial charge on any atom is 0.335 e. The number of hydrogen-bond acceptors (Lipinski definition) is 3. The number of hydrogen-bond donors (Lipinski definition) is 1. The fourth-order valence-corrected chi connectivity index (χ4v) is 1.62. The Morgan fingerprint density at radius 1 is 1.44 bits per heavy atom. The predicted molar refractivity (Wildman–Crippen MR) is 70.8 cm³/mol. The van der Waals surface area contributed by atoms with Gasteiger partial charge in [-0.1, -0.05) is 12.2 Å². The number of rotatable bonds is 5. The highest BCUT2D eigenvalue weighted by atomic mass is 16.4. The van der Waals surface area contributed by atoms with Crippen molar-refractivity contribution in [2.45, 2.75) is 6.42 Å². The van der Waals surface area contributed by atoms with E-state index in [1.807, 2.05) is 19.0 Å². The highest BCUT2D eigenvalue weighted by molar-refractivity contribution is 5.88. The summed E-state index contributed by atoms with van der Waals surface area (Å²) in [4.78, 5) is 22.9. The molecule has 4 heteroatoms. The molecule has 1 rings (SSSR count). The molecule has 0 heterocycles. The van der Waals surface area contributed by atoms with Crippen LogP contribution < -0.4 is 4.90 Å². The highest BCUT2D eigenvalue weighted by Crippen LogP contribution is 2.21. The van der Waals surface area contributed by atoms with Crippen molar-refractivity contribution in [3.63, 3.8) is 0 Å². The van der Waals surface area contributed by atoms with Crippen LogP contribution in [0.1, 0.15) is 15.9 Å². The summed E-state index contributed by atoms with van der Waals surface area (Å²) in [6.07, 6.45) is 5.22. The zero-order valence-electron chi connectivity index (χ0n) is 10.4. The topological polar surface area (TPSA) is 57.6 Å². The monoisotopic (exact) mass is 245 g/mol. The molecule has 1 aromatic rings. The number of carboxylic acid groups (broad SMARTS) is 1. The van der Waals surface area contributed by atoms with Gasteiger partial charge in [0.2, 0.25) is 0 Å². The molecule has 0 radical (unpaired) electrons. The molecular formula is C14H15NO3. The molecule has 0 saturated heterocycles. The van der Waals surface area contributed by atoms with Crippen molar-refractivity contribution in [2.75, 3.05) is 19.0 Å². The van der Waals surface area contributed by atoms with Gasteiger partial charge in [-0.3, -0.25) is 0 Å². The number of carbonyl (C=O) groups is 1. The average Bonchev–Trinajstić information content (AvgIpc) is 2.34. The van der Waals surface area contributed by atoms with Gasteiger partial charge in [-0.05, 0) is 30.2 Å². The normalized spacial score (nSPS) is 10.1. The van der Waals surface area contributed by atoms with E-state index in [2.05, 4.69) is 0 Å². The molecule has 0 unspecified atom stereocenters. The molecule has 4 nitrogen and oxygen atoms in total. The number of aromatic carboxylic acids is 1. The largest absolute Gasteiger partial charge is 0.478 e. The van der Waals surface area contributed by atoms with Crippen molar-refractivity contribution in [3.8, 4) is 0 Å². The van der Waals surface area contributed by atoms with E-state index < -0.39 is 5.97 Å². The van der Waals surface area contributed by atoms with E-state index in [9.17, 15) is 9.59 Å². The van der Waals surface area contributed by atoms with Crippen LogP contribution in [0.4, 0.5) is 5.69 Å². The highest BCUT2D eigenvalue weighted by Gasteiger charge is 2.08. The summed E-state index contributed by atoms with van der Waals surface area (Å²) in [5.41, 5.74) is 2.12. The minimum atomic E-state index is -0.946. The van der Waals surface area contributed by atoms with Crippen LogP contribution in [0.3, 0.4) is 0 Å². The Hall–Kier alpha value is -2.32. The van der Waals surface area contributed by atoms with Gasteiger partial charge < -0.3 is 10.0 Å². The van der Waals surface area contributed by atoms with E-state index in [1.165, 1.54) is 6.08 Å². The molecule has 18 heavy (non-hydrogen) atoms. The van der Waals surface area contributed by atoms with Crippen LogP contribution in [0.2, 0.25) is 0 Å². The average molecular weight is 245 g/mol. The number of allylic oxidation sites excluding steroid dienone is 3. The molecule has 0 aliphatic heterocycles. The first kappa shape index (κ1) is 13.7. The van der Waals surface area contributed by atoms with Crippen molar-refractivity contribution in [1.82, 2.24) is 0 Å². The summed E-state index contributed by atoms with van der Waals surface area (Å²) in [6, 6.07) is 5.00. The van der Waals surface area contributed by atoms with E-state index in [0.717, 1.165) is 11.3 Å². The van der Waals surface area contributed by atoms with Crippen molar-refractivity contribution in [1.29, 1.82) is 0 Å². The lowest BCUT2D eigenvalue weighted by Crippen LogP contribution is -2.12. The van der Waals surface area contributed by atoms with Gasteiger partial charge >= 0.3 is 5.97 Å². The maximum atomic E-state index is 10.9. The molecule has 0 amide bonds. The molecule has 0 bridgehead atoms. The Bertz CT molecular complexity index is 512. The van der Waals surface area contributed by atoms with Crippen molar-refractivity contribution in [2.24, 2.45) is 0 Å². The summed E-state index contributed by atoms with van der Waals surface area (Å²) in [6.45, 7) is 0. The van der Waals surface area contributed by atoms with Crippen LogP contribution in [0.15, 0.2) is 36.4 Å². The summed E-state index contributed by atoms with van der Waals surface area (Å²) < 4.78 is 0. The van der Waals surface area contributed by atoms with Crippen LogP contribution >= 0.6 is 0 Å². The van der Waals surface area contributed by atoms with Gasteiger partial charge in [0.15, 0.2) is 0 Å². The molecule has 0 aliphatic carbocycles. The lowest BCUT2D eigenvalue weighted by Gasteiger charge is -2.17. The number of anilines is 1. The van der Waals surface area contributed by atoms with Gasteiger partial charge in [-0.15, -0.1) is 0 Å². The molecule has 0 spiro atoms. The smallest absolute Gasteiger partial charge is 0.335 e. The number of nitrogens with zero attached hydrogens (tertiary/aromatic N) is 1. The summed E-state index contributed by atoms with van der Waals surface area (Å²) >= 11 is 0.